The van der Waals surface area contributed by atoms with Gasteiger partial charge in [0.05, 0.1) is 5.52 Å². The van der Waals surface area contributed by atoms with Gasteiger partial charge in [-0.05, 0) is 55.0 Å². The molecule has 0 bridgehead atoms. The highest BCUT2D eigenvalue weighted by Crippen LogP contribution is 2.29. The number of rotatable bonds is 6. The highest BCUT2D eigenvalue weighted by molar-refractivity contribution is 6.01. The molecule has 1 aliphatic rings. The van der Waals surface area contributed by atoms with E-state index >= 15 is 0 Å². The zero-order valence-corrected chi connectivity index (χ0v) is 18.2. The molecular weight excluding hydrogens is 422 g/mol. The van der Waals surface area contributed by atoms with Crippen molar-refractivity contribution in [1.29, 1.82) is 0 Å². The molecule has 2 heterocycles. The fraction of sp³-hybridized carbons (Fsp3) is 0.250. The minimum atomic E-state index is -0.882. The first kappa shape index (κ1) is 22.1. The molecule has 9 nitrogen and oxygen atoms in total. The third kappa shape index (κ3) is 5.20. The summed E-state index contributed by atoms with van der Waals surface area (Å²) in [4.78, 5) is 32.8. The van der Waals surface area contributed by atoms with E-state index in [-0.39, 0.29) is 12.0 Å². The van der Waals surface area contributed by atoms with Crippen molar-refractivity contribution in [3.8, 4) is 5.75 Å². The lowest BCUT2D eigenvalue weighted by atomic mass is 10.1. The molecule has 3 N–H and O–H groups in total. The van der Waals surface area contributed by atoms with Crippen molar-refractivity contribution < 1.29 is 19.4 Å². The highest BCUT2D eigenvalue weighted by atomic mass is 16.5. The number of carboxylic acid groups (broad SMARTS) is 1. The van der Waals surface area contributed by atoms with E-state index in [0.717, 1.165) is 27.9 Å². The van der Waals surface area contributed by atoms with Gasteiger partial charge in [0.15, 0.2) is 0 Å². The average Bonchev–Trinajstić information content (AvgIpc) is 2.81. The number of amides is 2. The summed E-state index contributed by atoms with van der Waals surface area (Å²) < 4.78 is 6.13. The van der Waals surface area contributed by atoms with Crippen molar-refractivity contribution in [1.82, 2.24) is 14.9 Å². The van der Waals surface area contributed by atoms with Crippen LogP contribution in [0.1, 0.15) is 18.4 Å². The van der Waals surface area contributed by atoms with Gasteiger partial charge < -0.3 is 25.4 Å². The minimum absolute atomic E-state index is 0.00638. The van der Waals surface area contributed by atoms with E-state index in [9.17, 15) is 9.59 Å². The van der Waals surface area contributed by atoms with Crippen LogP contribution in [0.5, 0.6) is 5.75 Å². The number of likely N-dealkylation sites (tertiary alicyclic amines) is 1. The lowest BCUT2D eigenvalue weighted by Gasteiger charge is -2.30. The first-order chi connectivity index (χ1) is 15.9. The van der Waals surface area contributed by atoms with E-state index in [1.165, 1.54) is 17.3 Å². The van der Waals surface area contributed by atoms with E-state index in [0.29, 0.717) is 37.4 Å². The van der Waals surface area contributed by atoms with Crippen LogP contribution in [0.15, 0.2) is 55.4 Å². The van der Waals surface area contributed by atoms with Gasteiger partial charge in [-0.1, -0.05) is 6.58 Å². The molecule has 0 aliphatic carbocycles. The molecule has 4 rings (SSSR count). The van der Waals surface area contributed by atoms with Gasteiger partial charge in [0, 0.05) is 42.7 Å². The average molecular weight is 447 g/mol. The lowest BCUT2D eigenvalue weighted by molar-refractivity contribution is -0.111. The van der Waals surface area contributed by atoms with Gasteiger partial charge in [-0.25, -0.2) is 14.8 Å². The number of nitrogens with zero attached hydrogens (tertiary/aromatic N) is 3. The number of nitrogens with one attached hydrogen (secondary N) is 2. The molecule has 3 aromatic rings. The van der Waals surface area contributed by atoms with Crippen molar-refractivity contribution in [3.05, 3.63) is 60.9 Å². The van der Waals surface area contributed by atoms with Gasteiger partial charge in [0.2, 0.25) is 5.91 Å². The highest BCUT2D eigenvalue weighted by Gasteiger charge is 2.23. The molecule has 170 valence electrons. The number of aromatic nitrogens is 2. The Morgan fingerprint density at radius 1 is 1.15 bits per heavy atom. The number of ether oxygens (including phenoxy) is 1. The van der Waals surface area contributed by atoms with Crippen LogP contribution in [0.25, 0.3) is 10.9 Å². The van der Waals surface area contributed by atoms with E-state index in [2.05, 4.69) is 27.2 Å². The van der Waals surface area contributed by atoms with Gasteiger partial charge in [-0.2, -0.15) is 0 Å². The summed E-state index contributed by atoms with van der Waals surface area (Å²) in [6, 6.07) is 11.2. The second-order valence-corrected chi connectivity index (χ2v) is 7.84. The third-order valence-corrected chi connectivity index (χ3v) is 5.53. The van der Waals surface area contributed by atoms with Gasteiger partial charge in [-0.3, -0.25) is 4.79 Å². The second kappa shape index (κ2) is 9.56. The first-order valence-corrected chi connectivity index (χ1v) is 10.6. The number of hydrogen-bond donors (Lipinski definition) is 3. The zero-order valence-electron chi connectivity index (χ0n) is 18.2. The molecule has 33 heavy (non-hydrogen) atoms. The Labute approximate surface area is 191 Å². The zero-order chi connectivity index (χ0) is 23.4. The van der Waals surface area contributed by atoms with E-state index in [1.807, 2.05) is 37.3 Å². The molecule has 1 fully saturated rings. The van der Waals surface area contributed by atoms with Crippen LogP contribution >= 0.6 is 0 Å². The summed E-state index contributed by atoms with van der Waals surface area (Å²) in [5, 5.41) is 15.9. The maximum absolute atomic E-state index is 11.6. The number of benzene rings is 2. The quantitative estimate of drug-likeness (QED) is 0.482. The molecule has 1 aromatic heterocycles. The molecular formula is C24H25N5O4. The van der Waals surface area contributed by atoms with Crippen LogP contribution in [-0.2, 0) is 4.79 Å². The van der Waals surface area contributed by atoms with Crippen LogP contribution in [0.3, 0.4) is 0 Å². The number of piperidine rings is 1. The van der Waals surface area contributed by atoms with Crippen molar-refractivity contribution in [3.63, 3.8) is 0 Å². The number of aryl methyl sites for hydroxylation is 1. The molecule has 0 spiro atoms. The molecule has 9 heteroatoms. The van der Waals surface area contributed by atoms with E-state index in [1.54, 1.807) is 6.07 Å². The minimum Gasteiger partial charge on any atom is -0.490 e. The van der Waals surface area contributed by atoms with Crippen molar-refractivity contribution in [2.45, 2.75) is 25.9 Å². The van der Waals surface area contributed by atoms with Crippen molar-refractivity contribution >= 4 is 40.1 Å². The summed E-state index contributed by atoms with van der Waals surface area (Å²) >= 11 is 0. The van der Waals surface area contributed by atoms with E-state index in [4.69, 9.17) is 9.84 Å². The van der Waals surface area contributed by atoms with Crippen molar-refractivity contribution in [2.75, 3.05) is 23.7 Å². The smallest absolute Gasteiger partial charge is 0.407 e. The molecule has 0 radical (unpaired) electrons. The van der Waals surface area contributed by atoms with Gasteiger partial charge in [0.1, 0.15) is 24.0 Å². The molecule has 0 saturated carbocycles. The largest absolute Gasteiger partial charge is 0.490 e. The van der Waals surface area contributed by atoms with Gasteiger partial charge in [-0.15, -0.1) is 0 Å². The molecule has 1 saturated heterocycles. The second-order valence-electron chi connectivity index (χ2n) is 7.84. The van der Waals surface area contributed by atoms with Crippen LogP contribution in [-0.4, -0.2) is 51.2 Å². The SMILES string of the molecule is C=CC(=O)Nc1ccc2ncnc(Nc3ccc(OC4CCN(C(=O)O)CC4)c(C)c3)c2c1. The number of fused-ring (bicyclic) bond motifs is 1. The summed E-state index contributed by atoms with van der Waals surface area (Å²) in [6.07, 6.45) is 3.15. The summed E-state index contributed by atoms with van der Waals surface area (Å²) in [6.45, 7) is 6.40. The number of carbonyl (C=O) groups is 2. The number of anilines is 3. The summed E-state index contributed by atoms with van der Waals surface area (Å²) in [7, 11) is 0. The third-order valence-electron chi connectivity index (χ3n) is 5.53. The fourth-order valence-electron chi connectivity index (χ4n) is 3.77. The Bertz CT molecular complexity index is 1200. The molecule has 2 aromatic carbocycles. The van der Waals surface area contributed by atoms with Crippen molar-refractivity contribution in [2.24, 2.45) is 0 Å². The lowest BCUT2D eigenvalue weighted by Crippen LogP contribution is -2.41. The molecule has 2 amide bonds. The predicted octanol–water partition coefficient (Wildman–Crippen LogP) is 4.33. The van der Waals surface area contributed by atoms with Crippen LogP contribution in [0, 0.1) is 6.92 Å². The monoisotopic (exact) mass is 447 g/mol. The fourth-order valence-corrected chi connectivity index (χ4v) is 3.77. The summed E-state index contributed by atoms with van der Waals surface area (Å²) in [5.41, 5.74) is 3.16. The van der Waals surface area contributed by atoms with E-state index < -0.39 is 6.09 Å². The Balaban J connectivity index is 1.48. The Kier molecular flexibility index (Phi) is 6.39. The maximum Gasteiger partial charge on any atom is 0.407 e. The van der Waals surface area contributed by atoms with Crippen LogP contribution in [0.4, 0.5) is 22.0 Å². The van der Waals surface area contributed by atoms with Crippen LogP contribution < -0.4 is 15.4 Å². The summed E-state index contributed by atoms with van der Waals surface area (Å²) in [5.74, 6) is 1.10. The maximum atomic E-state index is 11.6. The normalized spacial score (nSPS) is 14.0. The predicted molar refractivity (Wildman–Crippen MR) is 126 cm³/mol. The Morgan fingerprint density at radius 3 is 2.61 bits per heavy atom. The Hall–Kier alpha value is -4.14. The molecule has 0 atom stereocenters. The molecule has 1 aliphatic heterocycles. The number of carbonyl (C=O) groups excluding carboxylic acids is 1. The first-order valence-electron chi connectivity index (χ1n) is 10.6. The van der Waals surface area contributed by atoms with Crippen LogP contribution in [0.2, 0.25) is 0 Å². The Morgan fingerprint density at radius 2 is 1.91 bits per heavy atom. The molecule has 0 unspecified atom stereocenters. The number of hydrogen-bond acceptors (Lipinski definition) is 6. The van der Waals surface area contributed by atoms with Gasteiger partial charge in [0.25, 0.3) is 0 Å². The standard InChI is InChI=1S/C24H25N5O4/c1-3-22(30)27-17-4-6-20-19(13-17)23(26-14-25-20)28-16-5-7-21(15(2)12-16)33-18-8-10-29(11-9-18)24(31)32/h3-7,12-14,18H,1,8-11H2,2H3,(H,27,30)(H,31,32)(H,25,26,28). The van der Waals surface area contributed by atoms with Gasteiger partial charge >= 0.3 is 6.09 Å². The topological polar surface area (TPSA) is 117 Å².